The smallest absolute Gasteiger partial charge is 0.289 e. The van der Waals surface area contributed by atoms with Crippen LogP contribution in [0.15, 0.2) is 46.4 Å². The van der Waals surface area contributed by atoms with Gasteiger partial charge in [-0.3, -0.25) is 9.59 Å². The second-order valence-electron chi connectivity index (χ2n) is 6.04. The number of anilines is 1. The molecule has 0 saturated carbocycles. The highest BCUT2D eigenvalue weighted by atomic mass is 32.1. The van der Waals surface area contributed by atoms with Crippen LogP contribution in [-0.4, -0.2) is 35.3 Å². The minimum atomic E-state index is -0.347. The maximum Gasteiger partial charge on any atom is 0.289 e. The minimum absolute atomic E-state index is 0.0853. The molecule has 0 radical (unpaired) electrons. The van der Waals surface area contributed by atoms with Gasteiger partial charge in [0.25, 0.3) is 5.91 Å². The van der Waals surface area contributed by atoms with E-state index in [1.54, 1.807) is 19.2 Å². The first-order chi connectivity index (χ1) is 12.4. The average Bonchev–Trinajstić information content (AvgIpc) is 3.26. The Bertz CT molecular complexity index is 931. The first-order valence-corrected chi connectivity index (χ1v) is 8.94. The summed E-state index contributed by atoms with van der Waals surface area (Å²) in [6.07, 6.45) is 1.42. The van der Waals surface area contributed by atoms with Gasteiger partial charge in [0.2, 0.25) is 5.91 Å². The van der Waals surface area contributed by atoms with Gasteiger partial charge in [0, 0.05) is 18.0 Å². The number of rotatable bonds is 5. The lowest BCUT2D eigenvalue weighted by molar-refractivity contribution is -0.116. The highest BCUT2D eigenvalue weighted by molar-refractivity contribution is 7.14. The van der Waals surface area contributed by atoms with Crippen LogP contribution >= 0.6 is 11.3 Å². The number of carbonyl (C=O) groups is 2. The molecule has 2 heterocycles. The van der Waals surface area contributed by atoms with Crippen molar-refractivity contribution in [3.8, 4) is 11.3 Å². The van der Waals surface area contributed by atoms with Gasteiger partial charge < -0.3 is 14.6 Å². The largest absolute Gasteiger partial charge is 0.459 e. The van der Waals surface area contributed by atoms with Gasteiger partial charge in [-0.15, -0.1) is 11.3 Å². The van der Waals surface area contributed by atoms with Crippen molar-refractivity contribution in [2.45, 2.75) is 13.8 Å². The Balaban J connectivity index is 1.63. The van der Waals surface area contributed by atoms with Crippen molar-refractivity contribution >= 4 is 28.3 Å². The van der Waals surface area contributed by atoms with Crippen molar-refractivity contribution in [3.05, 3.63) is 58.9 Å². The Labute approximate surface area is 155 Å². The van der Waals surface area contributed by atoms with Gasteiger partial charge in [-0.25, -0.2) is 4.98 Å². The van der Waals surface area contributed by atoms with E-state index in [9.17, 15) is 9.59 Å². The number of carbonyl (C=O) groups excluding carboxylic acids is 2. The van der Waals surface area contributed by atoms with Crippen molar-refractivity contribution in [1.29, 1.82) is 0 Å². The summed E-state index contributed by atoms with van der Waals surface area (Å²) in [6, 6.07) is 9.36. The molecular formula is C19H19N3O3S. The molecule has 0 aliphatic carbocycles. The number of thiazole rings is 1. The summed E-state index contributed by atoms with van der Waals surface area (Å²) < 4.78 is 5.05. The van der Waals surface area contributed by atoms with Crippen LogP contribution in [0.3, 0.4) is 0 Å². The van der Waals surface area contributed by atoms with E-state index >= 15 is 0 Å². The van der Waals surface area contributed by atoms with Crippen LogP contribution in [0.4, 0.5) is 5.13 Å². The predicted octanol–water partition coefficient (Wildman–Crippen LogP) is 3.73. The van der Waals surface area contributed by atoms with Crippen LogP contribution in [0, 0.1) is 13.8 Å². The van der Waals surface area contributed by atoms with E-state index in [2.05, 4.69) is 16.4 Å². The first-order valence-electron chi connectivity index (χ1n) is 8.06. The van der Waals surface area contributed by atoms with Crippen molar-refractivity contribution in [2.24, 2.45) is 0 Å². The number of aromatic nitrogens is 1. The molecule has 1 N–H and O–H groups in total. The highest BCUT2D eigenvalue weighted by Crippen LogP contribution is 2.27. The summed E-state index contributed by atoms with van der Waals surface area (Å²) in [5, 5.41) is 5.15. The van der Waals surface area contributed by atoms with E-state index in [0.29, 0.717) is 5.13 Å². The molecule has 7 heteroatoms. The van der Waals surface area contributed by atoms with Crippen molar-refractivity contribution in [1.82, 2.24) is 9.88 Å². The number of hydrogen-bond donors (Lipinski definition) is 1. The molecule has 0 saturated heterocycles. The van der Waals surface area contributed by atoms with Crippen LogP contribution < -0.4 is 5.32 Å². The molecule has 3 rings (SSSR count). The van der Waals surface area contributed by atoms with Crippen molar-refractivity contribution < 1.29 is 14.0 Å². The fourth-order valence-electron chi connectivity index (χ4n) is 2.59. The molecule has 1 aromatic carbocycles. The standard InChI is InChI=1S/C19H19N3O3S/c1-12-6-7-14(13(2)9-12)15-11-26-19(20-15)21-17(23)10-22(3)18(24)16-5-4-8-25-16/h4-9,11H,10H2,1-3H3,(H,20,21,23). The van der Waals surface area contributed by atoms with Gasteiger partial charge in [0.1, 0.15) is 6.54 Å². The molecule has 0 spiro atoms. The molecule has 0 aliphatic rings. The molecule has 26 heavy (non-hydrogen) atoms. The number of hydrogen-bond acceptors (Lipinski definition) is 5. The summed E-state index contributed by atoms with van der Waals surface area (Å²) in [5.41, 5.74) is 4.19. The highest BCUT2D eigenvalue weighted by Gasteiger charge is 2.18. The number of nitrogens with one attached hydrogen (secondary N) is 1. The van der Waals surface area contributed by atoms with Gasteiger partial charge in [-0.2, -0.15) is 0 Å². The van der Waals surface area contributed by atoms with Crippen molar-refractivity contribution in [2.75, 3.05) is 18.9 Å². The summed E-state index contributed by atoms with van der Waals surface area (Å²) in [6.45, 7) is 4.00. The number of nitrogens with zero attached hydrogens (tertiary/aromatic N) is 2. The summed E-state index contributed by atoms with van der Waals surface area (Å²) in [4.78, 5) is 30.0. The van der Waals surface area contributed by atoms with Crippen LogP contribution in [0.2, 0.25) is 0 Å². The molecule has 0 unspecified atom stereocenters. The molecule has 0 aliphatic heterocycles. The maximum atomic E-state index is 12.2. The Hall–Kier alpha value is -2.93. The van der Waals surface area contributed by atoms with Crippen LogP contribution in [0.1, 0.15) is 21.7 Å². The Morgan fingerprint density at radius 1 is 1.27 bits per heavy atom. The zero-order valence-electron chi connectivity index (χ0n) is 14.8. The topological polar surface area (TPSA) is 75.4 Å². The number of furan rings is 1. The van der Waals surface area contributed by atoms with Gasteiger partial charge in [-0.05, 0) is 31.5 Å². The predicted molar refractivity (Wildman–Crippen MR) is 101 cm³/mol. The molecule has 0 atom stereocenters. The van der Waals surface area contributed by atoms with E-state index in [0.717, 1.165) is 16.8 Å². The molecular weight excluding hydrogens is 350 g/mol. The number of amides is 2. The summed E-state index contributed by atoms with van der Waals surface area (Å²) >= 11 is 1.35. The Kier molecular flexibility index (Phi) is 5.18. The van der Waals surface area contributed by atoms with E-state index < -0.39 is 0 Å². The summed E-state index contributed by atoms with van der Waals surface area (Å²) in [5.74, 6) is -0.458. The average molecular weight is 369 g/mol. The zero-order chi connectivity index (χ0) is 18.7. The zero-order valence-corrected chi connectivity index (χ0v) is 15.6. The molecule has 0 bridgehead atoms. The van der Waals surface area contributed by atoms with E-state index in [-0.39, 0.29) is 24.1 Å². The maximum absolute atomic E-state index is 12.2. The molecule has 134 valence electrons. The fraction of sp³-hybridized carbons (Fsp3) is 0.211. The molecule has 2 aromatic heterocycles. The Morgan fingerprint density at radius 2 is 2.08 bits per heavy atom. The van der Waals surface area contributed by atoms with Gasteiger partial charge in [-0.1, -0.05) is 23.8 Å². The number of likely N-dealkylation sites (N-methyl/N-ethyl adjacent to an activating group) is 1. The van der Waals surface area contributed by atoms with E-state index in [1.165, 1.54) is 28.1 Å². The Morgan fingerprint density at radius 3 is 2.77 bits per heavy atom. The SMILES string of the molecule is Cc1ccc(-c2csc(NC(=O)CN(C)C(=O)c3ccco3)n2)c(C)c1. The lowest BCUT2D eigenvalue weighted by Gasteiger charge is -2.14. The van der Waals surface area contributed by atoms with Gasteiger partial charge in [0.05, 0.1) is 12.0 Å². The number of aryl methyl sites for hydroxylation is 2. The first kappa shape index (κ1) is 17.9. The monoisotopic (exact) mass is 369 g/mol. The molecule has 0 fully saturated rings. The van der Waals surface area contributed by atoms with Crippen molar-refractivity contribution in [3.63, 3.8) is 0 Å². The molecule has 6 nitrogen and oxygen atoms in total. The van der Waals surface area contributed by atoms with E-state index in [1.807, 2.05) is 31.4 Å². The van der Waals surface area contributed by atoms with Crippen LogP contribution in [0.5, 0.6) is 0 Å². The lowest BCUT2D eigenvalue weighted by Crippen LogP contribution is -2.34. The normalized spacial score (nSPS) is 10.6. The van der Waals surface area contributed by atoms with Gasteiger partial charge >= 0.3 is 0 Å². The fourth-order valence-corrected chi connectivity index (χ4v) is 3.32. The number of benzene rings is 1. The quantitative estimate of drug-likeness (QED) is 0.743. The second-order valence-corrected chi connectivity index (χ2v) is 6.90. The van der Waals surface area contributed by atoms with E-state index in [4.69, 9.17) is 4.42 Å². The van der Waals surface area contributed by atoms with Crippen LogP contribution in [0.25, 0.3) is 11.3 Å². The van der Waals surface area contributed by atoms with Crippen LogP contribution in [-0.2, 0) is 4.79 Å². The minimum Gasteiger partial charge on any atom is -0.459 e. The third-order valence-electron chi connectivity index (χ3n) is 3.87. The third-order valence-corrected chi connectivity index (χ3v) is 4.63. The molecule has 3 aromatic rings. The third kappa shape index (κ3) is 4.00. The summed E-state index contributed by atoms with van der Waals surface area (Å²) in [7, 11) is 1.55. The second kappa shape index (κ2) is 7.53. The van der Waals surface area contributed by atoms with Gasteiger partial charge in [0.15, 0.2) is 10.9 Å². The molecule has 2 amide bonds. The lowest BCUT2D eigenvalue weighted by atomic mass is 10.0.